The average molecular weight is 322 g/mol. The summed E-state index contributed by atoms with van der Waals surface area (Å²) >= 11 is 0. The fourth-order valence-electron chi connectivity index (χ4n) is 1.19. The number of hydrogen-bond acceptors (Lipinski definition) is 2. The summed E-state index contributed by atoms with van der Waals surface area (Å²) < 4.78 is 21.5. The van der Waals surface area contributed by atoms with Crippen LogP contribution in [0.4, 0.5) is 0 Å². The summed E-state index contributed by atoms with van der Waals surface area (Å²) in [5, 5.41) is 0.206. The highest BCUT2D eigenvalue weighted by molar-refractivity contribution is 7.84. The van der Waals surface area contributed by atoms with Crippen molar-refractivity contribution in [3.63, 3.8) is 0 Å². The van der Waals surface area contributed by atoms with Crippen LogP contribution in [0, 0.1) is 5.92 Å². The number of hydrogen-bond donors (Lipinski definition) is 1. The van der Waals surface area contributed by atoms with Gasteiger partial charge in [-0.05, 0) is 44.8 Å². The summed E-state index contributed by atoms with van der Waals surface area (Å²) in [7, 11) is -2.80. The first-order valence-corrected chi connectivity index (χ1v) is 11.6. The molecule has 0 heterocycles. The Morgan fingerprint density at radius 1 is 1.10 bits per heavy atom. The molecule has 0 aliphatic rings. The van der Waals surface area contributed by atoms with E-state index in [0.29, 0.717) is 12.5 Å². The van der Waals surface area contributed by atoms with Crippen molar-refractivity contribution in [3.8, 4) is 0 Å². The summed E-state index contributed by atoms with van der Waals surface area (Å²) in [6.07, 6.45) is 0. The Balaban J connectivity index is 4.71. The molecule has 20 heavy (non-hydrogen) atoms. The minimum Gasteiger partial charge on any atom is -0.415 e. The Labute approximate surface area is 130 Å². The quantitative estimate of drug-likeness (QED) is 0.748. The molecule has 0 radical (unpaired) electrons. The number of nitrogens with one attached hydrogen (secondary N) is 1. The molecule has 0 amide bonds. The largest absolute Gasteiger partial charge is 0.415 e. The first-order valence-electron chi connectivity index (χ1n) is 7.50. The molecule has 0 rings (SSSR count). The van der Waals surface area contributed by atoms with Crippen molar-refractivity contribution in [2.45, 2.75) is 84.3 Å². The molecule has 0 spiro atoms. The van der Waals surface area contributed by atoms with Crippen molar-refractivity contribution >= 4 is 19.3 Å². The summed E-state index contributed by atoms with van der Waals surface area (Å²) in [6, 6.07) is 0.129. The molecule has 2 atom stereocenters. The van der Waals surface area contributed by atoms with Gasteiger partial charge in [0.25, 0.3) is 0 Å². The normalized spacial score (nSPS) is 17.4. The molecular weight excluding hydrogens is 286 g/mol. The van der Waals surface area contributed by atoms with E-state index in [4.69, 9.17) is 4.43 Å². The van der Waals surface area contributed by atoms with Crippen LogP contribution in [0.1, 0.15) is 55.4 Å². The van der Waals surface area contributed by atoms with Crippen LogP contribution in [-0.2, 0) is 15.4 Å². The molecule has 0 aliphatic carbocycles. The van der Waals surface area contributed by atoms with E-state index >= 15 is 0 Å². The van der Waals surface area contributed by atoms with Gasteiger partial charge in [-0.1, -0.05) is 34.6 Å². The van der Waals surface area contributed by atoms with E-state index in [-0.39, 0.29) is 15.8 Å². The second-order valence-corrected chi connectivity index (χ2v) is 15.2. The lowest BCUT2D eigenvalue weighted by Crippen LogP contribution is -2.49. The SMILES string of the molecule is CC(C)[C@H](CO[Si](C)(C)C(C)(C)C)NS(=O)C(C)(C)C. The van der Waals surface area contributed by atoms with E-state index in [1.807, 2.05) is 20.8 Å². The van der Waals surface area contributed by atoms with E-state index in [1.165, 1.54) is 0 Å². The molecule has 122 valence electrons. The van der Waals surface area contributed by atoms with E-state index in [1.54, 1.807) is 0 Å². The third-order valence-corrected chi connectivity index (χ3v) is 10.2. The fraction of sp³-hybridized carbons (Fsp3) is 1.00. The van der Waals surface area contributed by atoms with Crippen molar-refractivity contribution < 1.29 is 8.63 Å². The van der Waals surface area contributed by atoms with Crippen LogP contribution >= 0.6 is 0 Å². The molecule has 0 fully saturated rings. The van der Waals surface area contributed by atoms with Gasteiger partial charge in [-0.3, -0.25) is 0 Å². The third kappa shape index (κ3) is 6.37. The van der Waals surface area contributed by atoms with Crippen molar-refractivity contribution in [2.75, 3.05) is 6.61 Å². The summed E-state index contributed by atoms with van der Waals surface area (Å²) in [5.74, 6) is 0.395. The maximum atomic E-state index is 12.3. The Bertz CT molecular complexity index is 330. The Morgan fingerprint density at radius 3 is 1.85 bits per heavy atom. The summed E-state index contributed by atoms with van der Waals surface area (Å²) in [4.78, 5) is 0. The van der Waals surface area contributed by atoms with Crippen LogP contribution in [0.3, 0.4) is 0 Å². The van der Waals surface area contributed by atoms with Crippen LogP contribution in [0.25, 0.3) is 0 Å². The zero-order valence-corrected chi connectivity index (χ0v) is 16.9. The van der Waals surface area contributed by atoms with Gasteiger partial charge in [-0.25, -0.2) is 8.93 Å². The maximum Gasteiger partial charge on any atom is 0.192 e. The van der Waals surface area contributed by atoms with Crippen molar-refractivity contribution in [1.82, 2.24) is 4.72 Å². The van der Waals surface area contributed by atoms with Crippen LogP contribution < -0.4 is 4.72 Å². The molecule has 0 saturated carbocycles. The van der Waals surface area contributed by atoms with Gasteiger partial charge in [0.15, 0.2) is 8.32 Å². The molecule has 0 bridgehead atoms. The van der Waals surface area contributed by atoms with Gasteiger partial charge in [0.2, 0.25) is 0 Å². The Morgan fingerprint density at radius 2 is 1.55 bits per heavy atom. The highest BCUT2D eigenvalue weighted by Gasteiger charge is 2.38. The monoisotopic (exact) mass is 321 g/mol. The van der Waals surface area contributed by atoms with Crippen molar-refractivity contribution in [3.05, 3.63) is 0 Å². The van der Waals surface area contributed by atoms with Crippen LogP contribution in [0.5, 0.6) is 0 Å². The number of rotatable bonds is 6. The third-order valence-electron chi connectivity index (χ3n) is 4.05. The average Bonchev–Trinajstić information content (AvgIpc) is 2.20. The van der Waals surface area contributed by atoms with Gasteiger partial charge in [0.05, 0.1) is 22.3 Å². The minimum atomic E-state index is -1.75. The van der Waals surface area contributed by atoms with Crippen LogP contribution in [-0.4, -0.2) is 29.9 Å². The molecule has 0 saturated heterocycles. The lowest BCUT2D eigenvalue weighted by molar-refractivity contribution is 0.229. The highest BCUT2D eigenvalue weighted by atomic mass is 32.2. The first kappa shape index (κ1) is 20.3. The zero-order chi connectivity index (χ0) is 16.4. The predicted octanol–water partition coefficient (Wildman–Crippen LogP) is 4.08. The fourth-order valence-corrected chi connectivity index (χ4v) is 3.19. The molecular formula is C15H35NO2SSi. The summed E-state index contributed by atoms with van der Waals surface area (Å²) in [6.45, 7) is 22.1. The van der Waals surface area contributed by atoms with Gasteiger partial charge < -0.3 is 4.43 Å². The lowest BCUT2D eigenvalue weighted by Gasteiger charge is -2.38. The standard InChI is InChI=1S/C15H35NO2SSi/c1-12(2)13(16-19(17)14(3,4)5)11-18-20(9,10)15(6,7)8/h12-13,16H,11H2,1-10H3/t13-,19?/m0/s1. The summed E-state index contributed by atoms with van der Waals surface area (Å²) in [5.41, 5.74) is 0. The second kappa shape index (κ2) is 7.03. The molecule has 0 aromatic carbocycles. The van der Waals surface area contributed by atoms with Gasteiger partial charge in [0, 0.05) is 6.04 Å². The molecule has 0 aromatic rings. The van der Waals surface area contributed by atoms with Crippen molar-refractivity contribution in [1.29, 1.82) is 0 Å². The van der Waals surface area contributed by atoms with Crippen LogP contribution in [0.2, 0.25) is 18.1 Å². The highest BCUT2D eigenvalue weighted by Crippen LogP contribution is 2.36. The Kier molecular flexibility index (Phi) is 7.13. The first-order chi connectivity index (χ1) is 8.68. The molecule has 3 nitrogen and oxygen atoms in total. The minimum absolute atomic E-state index is 0.129. The van der Waals surface area contributed by atoms with Gasteiger partial charge in [0.1, 0.15) is 0 Å². The van der Waals surface area contributed by atoms with Crippen molar-refractivity contribution in [2.24, 2.45) is 5.92 Å². The van der Waals surface area contributed by atoms with Gasteiger partial charge >= 0.3 is 0 Å². The van der Waals surface area contributed by atoms with Gasteiger partial charge in [-0.15, -0.1) is 0 Å². The van der Waals surface area contributed by atoms with E-state index in [2.05, 4.69) is 52.4 Å². The maximum absolute atomic E-state index is 12.3. The molecule has 1 unspecified atom stereocenters. The topological polar surface area (TPSA) is 38.3 Å². The molecule has 1 N–H and O–H groups in total. The second-order valence-electron chi connectivity index (χ2n) is 8.42. The molecule has 0 aromatic heterocycles. The zero-order valence-electron chi connectivity index (χ0n) is 15.1. The van der Waals surface area contributed by atoms with E-state index in [0.717, 1.165) is 0 Å². The lowest BCUT2D eigenvalue weighted by atomic mass is 10.1. The predicted molar refractivity (Wildman–Crippen MR) is 92.8 cm³/mol. The molecule has 0 aliphatic heterocycles. The molecule has 5 heteroatoms. The van der Waals surface area contributed by atoms with Gasteiger partial charge in [-0.2, -0.15) is 0 Å². The van der Waals surface area contributed by atoms with E-state index in [9.17, 15) is 4.21 Å². The van der Waals surface area contributed by atoms with E-state index < -0.39 is 19.3 Å². The Hall–Kier alpha value is 0.287. The van der Waals surface area contributed by atoms with Crippen LogP contribution in [0.15, 0.2) is 0 Å². The smallest absolute Gasteiger partial charge is 0.192 e.